The fourth-order valence-corrected chi connectivity index (χ4v) is 2.40. The van der Waals surface area contributed by atoms with Crippen LogP contribution >= 0.6 is 0 Å². The van der Waals surface area contributed by atoms with E-state index in [0.29, 0.717) is 12.1 Å². The molecule has 2 amide bonds. The van der Waals surface area contributed by atoms with E-state index in [4.69, 9.17) is 5.11 Å². The molecule has 1 aromatic carbocycles. The number of anilines is 1. The molecule has 2 unspecified atom stereocenters. The van der Waals surface area contributed by atoms with Gasteiger partial charge in [-0.05, 0) is 31.0 Å². The van der Waals surface area contributed by atoms with Crippen molar-refractivity contribution in [3.05, 3.63) is 29.3 Å². The molecular formula is C13H11NO4. The van der Waals surface area contributed by atoms with E-state index in [0.717, 1.165) is 10.5 Å². The zero-order valence-corrected chi connectivity index (χ0v) is 9.71. The highest BCUT2D eigenvalue weighted by Crippen LogP contribution is 2.48. The molecule has 1 aromatic rings. The molecule has 5 nitrogen and oxygen atoms in total. The van der Waals surface area contributed by atoms with Gasteiger partial charge >= 0.3 is 5.97 Å². The SMILES string of the molecule is Cc1ccc(C(=O)O)cc1N1C(=O)C2CC2C1=O. The van der Waals surface area contributed by atoms with Crippen LogP contribution in [0, 0.1) is 18.8 Å². The number of carbonyl (C=O) groups is 3. The molecule has 0 aromatic heterocycles. The summed E-state index contributed by atoms with van der Waals surface area (Å²) in [6, 6.07) is 4.47. The third kappa shape index (κ3) is 1.37. The maximum atomic E-state index is 11.9. The Kier molecular flexibility index (Phi) is 2.08. The minimum absolute atomic E-state index is 0.0803. The van der Waals surface area contributed by atoms with Crippen LogP contribution in [0.2, 0.25) is 0 Å². The number of fused-ring (bicyclic) bond motifs is 1. The van der Waals surface area contributed by atoms with Gasteiger partial charge in [0.1, 0.15) is 0 Å². The van der Waals surface area contributed by atoms with Crippen LogP contribution in [0.1, 0.15) is 22.3 Å². The fraction of sp³-hybridized carbons (Fsp3) is 0.308. The largest absolute Gasteiger partial charge is 0.478 e. The summed E-state index contributed by atoms with van der Waals surface area (Å²) in [6.45, 7) is 1.76. The Morgan fingerprint density at radius 2 is 1.89 bits per heavy atom. The third-order valence-corrected chi connectivity index (χ3v) is 3.56. The maximum absolute atomic E-state index is 11.9. The summed E-state index contributed by atoms with van der Waals surface area (Å²) in [5.41, 5.74) is 1.21. The van der Waals surface area contributed by atoms with E-state index in [1.54, 1.807) is 13.0 Å². The second-order valence-corrected chi connectivity index (χ2v) is 4.77. The number of nitrogens with zero attached hydrogens (tertiary/aromatic N) is 1. The van der Waals surface area contributed by atoms with Crippen molar-refractivity contribution < 1.29 is 19.5 Å². The van der Waals surface area contributed by atoms with Crippen LogP contribution in [0.5, 0.6) is 0 Å². The molecule has 0 bridgehead atoms. The highest BCUT2D eigenvalue weighted by molar-refractivity contribution is 6.25. The average molecular weight is 245 g/mol. The van der Waals surface area contributed by atoms with Crippen molar-refractivity contribution in [3.63, 3.8) is 0 Å². The van der Waals surface area contributed by atoms with E-state index in [1.807, 2.05) is 0 Å². The molecule has 2 aliphatic rings. The number of benzene rings is 1. The summed E-state index contributed by atoms with van der Waals surface area (Å²) in [4.78, 5) is 36.0. The summed E-state index contributed by atoms with van der Waals surface area (Å²) >= 11 is 0. The summed E-state index contributed by atoms with van der Waals surface area (Å²) < 4.78 is 0. The monoisotopic (exact) mass is 245 g/mol. The van der Waals surface area contributed by atoms with Crippen LogP contribution in [0.3, 0.4) is 0 Å². The van der Waals surface area contributed by atoms with Gasteiger partial charge in [-0.25, -0.2) is 9.69 Å². The number of carboxylic acids is 1. The lowest BCUT2D eigenvalue weighted by Crippen LogP contribution is -2.33. The fourth-order valence-electron chi connectivity index (χ4n) is 2.40. The minimum atomic E-state index is -1.07. The molecule has 5 heteroatoms. The first kappa shape index (κ1) is 11.0. The number of piperidine rings is 1. The van der Waals surface area contributed by atoms with Gasteiger partial charge < -0.3 is 5.11 Å². The van der Waals surface area contributed by atoms with E-state index >= 15 is 0 Å². The predicted molar refractivity (Wildman–Crippen MR) is 62.2 cm³/mol. The van der Waals surface area contributed by atoms with Gasteiger partial charge in [0.2, 0.25) is 11.8 Å². The molecule has 0 spiro atoms. The summed E-state index contributed by atoms with van der Waals surface area (Å²) in [7, 11) is 0. The quantitative estimate of drug-likeness (QED) is 0.794. The molecule has 18 heavy (non-hydrogen) atoms. The van der Waals surface area contributed by atoms with Gasteiger partial charge in [-0.1, -0.05) is 6.07 Å². The van der Waals surface area contributed by atoms with Crippen LogP contribution in [-0.2, 0) is 9.59 Å². The second-order valence-electron chi connectivity index (χ2n) is 4.77. The van der Waals surface area contributed by atoms with Gasteiger partial charge in [-0.15, -0.1) is 0 Å². The van der Waals surface area contributed by atoms with E-state index in [1.165, 1.54) is 12.1 Å². The summed E-state index contributed by atoms with van der Waals surface area (Å²) in [5, 5.41) is 8.95. The van der Waals surface area contributed by atoms with Crippen molar-refractivity contribution in [2.75, 3.05) is 4.90 Å². The number of hydrogen-bond acceptors (Lipinski definition) is 3. The van der Waals surface area contributed by atoms with Gasteiger partial charge in [0.25, 0.3) is 0 Å². The molecular weight excluding hydrogens is 234 g/mol. The molecule has 1 heterocycles. The number of carbonyl (C=O) groups excluding carboxylic acids is 2. The first-order valence-corrected chi connectivity index (χ1v) is 5.72. The first-order valence-electron chi connectivity index (χ1n) is 5.72. The van der Waals surface area contributed by atoms with Crippen molar-refractivity contribution in [2.24, 2.45) is 11.8 Å². The topological polar surface area (TPSA) is 74.7 Å². The highest BCUT2D eigenvalue weighted by Gasteiger charge is 2.59. The zero-order valence-electron chi connectivity index (χ0n) is 9.71. The minimum Gasteiger partial charge on any atom is -0.478 e. The molecule has 1 aliphatic carbocycles. The number of aromatic carboxylic acids is 1. The molecule has 1 saturated carbocycles. The Morgan fingerprint density at radius 3 is 2.44 bits per heavy atom. The van der Waals surface area contributed by atoms with Crippen LogP contribution in [0.4, 0.5) is 5.69 Å². The number of aryl methyl sites for hydroxylation is 1. The van der Waals surface area contributed by atoms with Gasteiger partial charge in [0.15, 0.2) is 0 Å². The van der Waals surface area contributed by atoms with Crippen molar-refractivity contribution >= 4 is 23.5 Å². The predicted octanol–water partition coefficient (Wildman–Crippen LogP) is 1.20. The lowest BCUT2D eigenvalue weighted by atomic mass is 10.1. The van der Waals surface area contributed by atoms with Gasteiger partial charge in [0.05, 0.1) is 23.1 Å². The summed E-state index contributed by atoms with van der Waals surface area (Å²) in [5.74, 6) is -1.82. The number of imide groups is 1. The van der Waals surface area contributed by atoms with Crippen LogP contribution in [0.25, 0.3) is 0 Å². The van der Waals surface area contributed by atoms with Crippen molar-refractivity contribution in [1.29, 1.82) is 0 Å². The van der Waals surface area contributed by atoms with Crippen LogP contribution in [-0.4, -0.2) is 22.9 Å². The Morgan fingerprint density at radius 1 is 1.28 bits per heavy atom. The molecule has 2 atom stereocenters. The first-order chi connectivity index (χ1) is 8.50. The molecule has 1 saturated heterocycles. The average Bonchev–Trinajstić information content (AvgIpc) is 3.06. The number of carboxylic acid groups (broad SMARTS) is 1. The molecule has 3 rings (SSSR count). The number of hydrogen-bond donors (Lipinski definition) is 1. The zero-order chi connectivity index (χ0) is 13.0. The van der Waals surface area contributed by atoms with E-state index in [2.05, 4.69) is 0 Å². The number of amides is 2. The van der Waals surface area contributed by atoms with Crippen LogP contribution in [0.15, 0.2) is 18.2 Å². The summed E-state index contributed by atoms with van der Waals surface area (Å²) in [6.07, 6.45) is 0.645. The van der Waals surface area contributed by atoms with Gasteiger partial charge in [0, 0.05) is 0 Å². The molecule has 1 N–H and O–H groups in total. The lowest BCUT2D eigenvalue weighted by Gasteiger charge is -2.19. The smallest absolute Gasteiger partial charge is 0.335 e. The maximum Gasteiger partial charge on any atom is 0.335 e. The third-order valence-electron chi connectivity index (χ3n) is 3.56. The van der Waals surface area contributed by atoms with Gasteiger partial charge in [-0.2, -0.15) is 0 Å². The Hall–Kier alpha value is -2.17. The van der Waals surface area contributed by atoms with E-state index < -0.39 is 5.97 Å². The Labute approximate surface area is 103 Å². The van der Waals surface area contributed by atoms with E-state index in [9.17, 15) is 14.4 Å². The molecule has 1 aliphatic heterocycles. The molecule has 2 fully saturated rings. The number of rotatable bonds is 2. The van der Waals surface area contributed by atoms with Gasteiger partial charge in [-0.3, -0.25) is 9.59 Å². The van der Waals surface area contributed by atoms with Crippen molar-refractivity contribution in [2.45, 2.75) is 13.3 Å². The molecule has 92 valence electrons. The standard InChI is InChI=1S/C13H11NO4/c1-6-2-3-7(13(17)18)4-10(6)14-11(15)8-5-9(8)12(14)16/h2-4,8-9H,5H2,1H3,(H,17,18). The lowest BCUT2D eigenvalue weighted by molar-refractivity contribution is -0.123. The van der Waals surface area contributed by atoms with Crippen molar-refractivity contribution in [1.82, 2.24) is 0 Å². The van der Waals surface area contributed by atoms with E-state index in [-0.39, 0.29) is 29.2 Å². The highest BCUT2D eigenvalue weighted by atomic mass is 16.4. The Balaban J connectivity index is 2.06. The van der Waals surface area contributed by atoms with Crippen molar-refractivity contribution in [3.8, 4) is 0 Å². The second kappa shape index (κ2) is 3.41. The normalized spacial score (nSPS) is 25.3. The van der Waals surface area contributed by atoms with Crippen LogP contribution < -0.4 is 4.90 Å². The molecule has 0 radical (unpaired) electrons. The Bertz CT molecular complexity index is 573.